The van der Waals surface area contributed by atoms with Crippen molar-refractivity contribution in [1.82, 2.24) is 24.7 Å². The highest BCUT2D eigenvalue weighted by Gasteiger charge is 2.13. The Bertz CT molecular complexity index is 977. The van der Waals surface area contributed by atoms with E-state index >= 15 is 0 Å². The smallest absolute Gasteiger partial charge is 0.352 e. The SMILES string of the molecule is CC[C@@H](C)NC(=O)Cn1nc2ccc(Sc3ccc(C)cc3)nn2c1=O. The topological polar surface area (TPSA) is 81.3 Å². The number of rotatable bonds is 6. The molecule has 7 nitrogen and oxygen atoms in total. The van der Waals surface area contributed by atoms with Gasteiger partial charge in [-0.3, -0.25) is 4.79 Å². The fraction of sp³-hybridized carbons (Fsp3) is 0.333. The molecule has 3 aromatic rings. The number of nitrogens with one attached hydrogen (secondary N) is 1. The van der Waals surface area contributed by atoms with Crippen molar-refractivity contribution in [1.29, 1.82) is 0 Å². The lowest BCUT2D eigenvalue weighted by Crippen LogP contribution is -2.37. The second-order valence-electron chi connectivity index (χ2n) is 6.17. The van der Waals surface area contributed by atoms with Gasteiger partial charge in [-0.1, -0.05) is 36.4 Å². The third kappa shape index (κ3) is 4.13. The quantitative estimate of drug-likeness (QED) is 0.719. The van der Waals surface area contributed by atoms with Gasteiger partial charge < -0.3 is 5.32 Å². The van der Waals surface area contributed by atoms with Gasteiger partial charge in [0.25, 0.3) is 0 Å². The third-order valence-corrected chi connectivity index (χ3v) is 4.91. The highest BCUT2D eigenvalue weighted by molar-refractivity contribution is 7.99. The van der Waals surface area contributed by atoms with Crippen molar-refractivity contribution in [3.05, 3.63) is 52.4 Å². The van der Waals surface area contributed by atoms with E-state index in [0.717, 1.165) is 16.0 Å². The van der Waals surface area contributed by atoms with E-state index in [2.05, 4.69) is 15.5 Å². The molecule has 0 spiro atoms. The molecule has 0 saturated carbocycles. The first-order valence-electron chi connectivity index (χ1n) is 8.47. The molecule has 0 aliphatic carbocycles. The number of amides is 1. The van der Waals surface area contributed by atoms with Crippen LogP contribution in [-0.2, 0) is 11.3 Å². The number of hydrogen-bond acceptors (Lipinski definition) is 5. The summed E-state index contributed by atoms with van der Waals surface area (Å²) in [4.78, 5) is 25.5. The predicted octanol–water partition coefficient (Wildman–Crippen LogP) is 2.27. The van der Waals surface area contributed by atoms with Crippen LogP contribution in [0.5, 0.6) is 0 Å². The Labute approximate surface area is 155 Å². The van der Waals surface area contributed by atoms with E-state index in [1.54, 1.807) is 6.07 Å². The summed E-state index contributed by atoms with van der Waals surface area (Å²) in [5, 5.41) is 12.0. The zero-order valence-corrected chi connectivity index (χ0v) is 15.8. The lowest BCUT2D eigenvalue weighted by atomic mass is 10.2. The molecule has 8 heteroatoms. The third-order valence-electron chi connectivity index (χ3n) is 3.97. The van der Waals surface area contributed by atoms with E-state index in [0.29, 0.717) is 10.7 Å². The molecule has 1 amide bonds. The summed E-state index contributed by atoms with van der Waals surface area (Å²) in [6, 6.07) is 11.7. The van der Waals surface area contributed by atoms with Crippen LogP contribution in [-0.4, -0.2) is 31.3 Å². The van der Waals surface area contributed by atoms with Crippen LogP contribution in [0.15, 0.2) is 51.1 Å². The molecule has 136 valence electrons. The van der Waals surface area contributed by atoms with Crippen LogP contribution in [0.25, 0.3) is 5.65 Å². The van der Waals surface area contributed by atoms with Crippen molar-refractivity contribution >= 4 is 23.3 Å². The Hall–Kier alpha value is -2.61. The van der Waals surface area contributed by atoms with Gasteiger partial charge in [0.2, 0.25) is 5.91 Å². The molecule has 0 saturated heterocycles. The largest absolute Gasteiger partial charge is 0.367 e. The minimum Gasteiger partial charge on any atom is -0.352 e. The molecule has 26 heavy (non-hydrogen) atoms. The summed E-state index contributed by atoms with van der Waals surface area (Å²) in [5.74, 6) is -0.237. The van der Waals surface area contributed by atoms with Crippen molar-refractivity contribution in [2.45, 2.75) is 49.7 Å². The number of benzene rings is 1. The summed E-state index contributed by atoms with van der Waals surface area (Å²) in [5.41, 5.74) is 1.18. The van der Waals surface area contributed by atoms with E-state index in [9.17, 15) is 9.59 Å². The molecule has 0 unspecified atom stereocenters. The first-order valence-corrected chi connectivity index (χ1v) is 9.28. The Morgan fingerprint density at radius 1 is 1.19 bits per heavy atom. The van der Waals surface area contributed by atoms with Crippen molar-refractivity contribution in [2.75, 3.05) is 0 Å². The average molecular weight is 371 g/mol. The number of aromatic nitrogens is 4. The van der Waals surface area contributed by atoms with Crippen LogP contribution in [0.1, 0.15) is 25.8 Å². The fourth-order valence-electron chi connectivity index (χ4n) is 2.33. The summed E-state index contributed by atoms with van der Waals surface area (Å²) in [7, 11) is 0. The van der Waals surface area contributed by atoms with E-state index in [1.807, 2.05) is 51.1 Å². The van der Waals surface area contributed by atoms with Crippen LogP contribution < -0.4 is 11.0 Å². The minimum atomic E-state index is -0.425. The normalized spacial score (nSPS) is 12.3. The Kier molecular flexibility index (Phi) is 5.41. The van der Waals surface area contributed by atoms with Gasteiger partial charge >= 0.3 is 5.69 Å². The number of aryl methyl sites for hydroxylation is 1. The van der Waals surface area contributed by atoms with Gasteiger partial charge in [-0.05, 0) is 44.5 Å². The zero-order valence-electron chi connectivity index (χ0n) is 15.0. The molecule has 0 aliphatic rings. The number of fused-ring (bicyclic) bond motifs is 1. The van der Waals surface area contributed by atoms with Gasteiger partial charge in [0.1, 0.15) is 11.6 Å². The molecule has 3 rings (SSSR count). The van der Waals surface area contributed by atoms with Crippen LogP contribution in [0.2, 0.25) is 0 Å². The van der Waals surface area contributed by atoms with Crippen LogP contribution >= 0.6 is 11.8 Å². The van der Waals surface area contributed by atoms with Gasteiger partial charge in [-0.15, -0.1) is 5.10 Å². The van der Waals surface area contributed by atoms with Crippen molar-refractivity contribution in [3.8, 4) is 0 Å². The molecule has 1 atom stereocenters. The Balaban J connectivity index is 1.81. The lowest BCUT2D eigenvalue weighted by Gasteiger charge is -2.10. The van der Waals surface area contributed by atoms with Crippen molar-refractivity contribution in [2.24, 2.45) is 0 Å². The monoisotopic (exact) mass is 371 g/mol. The molecule has 0 fully saturated rings. The van der Waals surface area contributed by atoms with Gasteiger partial charge in [-0.25, -0.2) is 9.48 Å². The van der Waals surface area contributed by atoms with Gasteiger partial charge in [-0.2, -0.15) is 9.61 Å². The Morgan fingerprint density at radius 3 is 2.62 bits per heavy atom. The summed E-state index contributed by atoms with van der Waals surface area (Å²) in [6.07, 6.45) is 0.826. The first kappa shape index (κ1) is 18.2. The lowest BCUT2D eigenvalue weighted by molar-refractivity contribution is -0.122. The summed E-state index contributed by atoms with van der Waals surface area (Å²) >= 11 is 1.47. The summed E-state index contributed by atoms with van der Waals surface area (Å²) in [6.45, 7) is 5.82. The van der Waals surface area contributed by atoms with Gasteiger partial charge in [0.15, 0.2) is 5.65 Å². The molecule has 1 aromatic carbocycles. The van der Waals surface area contributed by atoms with Gasteiger partial charge in [0.05, 0.1) is 0 Å². The first-order chi connectivity index (χ1) is 12.5. The van der Waals surface area contributed by atoms with Gasteiger partial charge in [0, 0.05) is 10.9 Å². The van der Waals surface area contributed by atoms with E-state index in [1.165, 1.54) is 21.8 Å². The van der Waals surface area contributed by atoms with Crippen LogP contribution in [0, 0.1) is 6.92 Å². The standard InChI is InChI=1S/C18H21N5O2S/c1-4-13(3)19-16(24)11-22-18(25)23-15(20-22)9-10-17(21-23)26-14-7-5-12(2)6-8-14/h5-10,13H,4,11H2,1-3H3,(H,19,24)/t13-/m1/s1. The number of nitrogens with zero attached hydrogens (tertiary/aromatic N) is 4. The highest BCUT2D eigenvalue weighted by atomic mass is 32.2. The van der Waals surface area contributed by atoms with Crippen LogP contribution in [0.3, 0.4) is 0 Å². The minimum absolute atomic E-state index is 0.0610. The maximum Gasteiger partial charge on any atom is 0.367 e. The zero-order chi connectivity index (χ0) is 18.7. The fourth-order valence-corrected chi connectivity index (χ4v) is 3.11. The van der Waals surface area contributed by atoms with Crippen LogP contribution in [0.4, 0.5) is 0 Å². The molecule has 2 heterocycles. The molecular weight excluding hydrogens is 350 g/mol. The molecular formula is C18H21N5O2S. The van der Waals surface area contributed by atoms with Crippen molar-refractivity contribution in [3.63, 3.8) is 0 Å². The molecule has 0 bridgehead atoms. The van der Waals surface area contributed by atoms with E-state index in [4.69, 9.17) is 0 Å². The highest BCUT2D eigenvalue weighted by Crippen LogP contribution is 2.25. The van der Waals surface area contributed by atoms with E-state index < -0.39 is 5.69 Å². The average Bonchev–Trinajstić information content (AvgIpc) is 2.92. The Morgan fingerprint density at radius 2 is 1.92 bits per heavy atom. The molecule has 1 N–H and O–H groups in total. The van der Waals surface area contributed by atoms with E-state index in [-0.39, 0.29) is 18.5 Å². The summed E-state index contributed by atoms with van der Waals surface area (Å²) < 4.78 is 2.37. The maximum atomic E-state index is 12.5. The molecule has 0 aliphatic heterocycles. The molecule has 0 radical (unpaired) electrons. The second kappa shape index (κ2) is 7.74. The second-order valence-corrected chi connectivity index (χ2v) is 7.27. The predicted molar refractivity (Wildman–Crippen MR) is 100 cm³/mol. The number of carbonyl (C=O) groups excluding carboxylic acids is 1. The number of hydrogen-bond donors (Lipinski definition) is 1. The van der Waals surface area contributed by atoms with Crippen molar-refractivity contribution < 1.29 is 4.79 Å². The maximum absolute atomic E-state index is 12.5. The molecule has 2 aromatic heterocycles. The number of carbonyl (C=O) groups is 1.